The third-order valence-corrected chi connectivity index (χ3v) is 8.83. The lowest BCUT2D eigenvalue weighted by Crippen LogP contribution is -2.41. The zero-order valence-corrected chi connectivity index (χ0v) is 27.3. The number of carbonyl (C=O) groups is 1. The van der Waals surface area contributed by atoms with E-state index in [0.29, 0.717) is 54.2 Å². The topological polar surface area (TPSA) is 81.5 Å². The quantitative estimate of drug-likeness (QED) is 0.108. The summed E-state index contributed by atoms with van der Waals surface area (Å²) in [6.45, 7) is 2.67. The maximum absolute atomic E-state index is 15.4. The summed E-state index contributed by atoms with van der Waals surface area (Å²) in [6, 6.07) is 16.7. The van der Waals surface area contributed by atoms with Crippen LogP contribution in [0.3, 0.4) is 0 Å². The minimum absolute atomic E-state index is 0.0408. The number of hydrogen-bond donors (Lipinski definition) is 1. The molecule has 6 rings (SSSR count). The molecule has 12 heteroatoms. The molecule has 2 aromatic carbocycles. The number of benzene rings is 2. The number of amides is 1. The first kappa shape index (κ1) is 34.3. The molecule has 2 aromatic heterocycles. The van der Waals surface area contributed by atoms with Crippen molar-refractivity contribution in [1.29, 1.82) is 0 Å². The van der Waals surface area contributed by atoms with Crippen molar-refractivity contribution in [3.05, 3.63) is 102 Å². The molecule has 4 aromatic rings. The van der Waals surface area contributed by atoms with Crippen LogP contribution >= 0.6 is 0 Å². The van der Waals surface area contributed by atoms with Gasteiger partial charge in [-0.1, -0.05) is 42.5 Å². The molecule has 0 saturated carbocycles. The van der Waals surface area contributed by atoms with Crippen LogP contribution in [0.1, 0.15) is 61.4 Å². The lowest BCUT2D eigenvalue weighted by Gasteiger charge is -2.31. The van der Waals surface area contributed by atoms with E-state index in [1.54, 1.807) is 67.7 Å². The Morgan fingerprint density at radius 3 is 2.57 bits per heavy atom. The lowest BCUT2D eigenvalue weighted by atomic mass is 9.88. The minimum atomic E-state index is -4.52. The molecular formula is C37H39F4N5O3. The number of nitrogens with one attached hydrogen (secondary N) is 1. The standard InChI is InChI=1S/C37H39F4N5O3/c1-42-32(47)12-8-19-45-18-7-11-28(24-45)49-33-17-15-27(23-43-33)35(30(22-37(39,40)41)25-9-3-2-4-10-25)26-14-16-31-29(21-26)36(38)44-46(31)34-13-5-6-20-48-34/h2-4,8-10,12,14-17,21,23,28,34H,5-7,11,13,18-20,22,24H2,1H3,(H,42,47)/b12-8?,35-30-/t28-,34?/m1/s1. The number of piperidine rings is 1. The van der Waals surface area contributed by atoms with E-state index in [-0.39, 0.29) is 28.5 Å². The number of alkyl halides is 3. The Balaban J connectivity index is 1.34. The van der Waals surface area contributed by atoms with Gasteiger partial charge in [-0.2, -0.15) is 17.6 Å². The second-order valence-corrected chi connectivity index (χ2v) is 12.3. The number of ether oxygens (including phenoxy) is 2. The third kappa shape index (κ3) is 8.55. The van der Waals surface area contributed by atoms with Crippen LogP contribution in [-0.2, 0) is 9.53 Å². The number of fused-ring (bicyclic) bond motifs is 1. The fourth-order valence-electron chi connectivity index (χ4n) is 6.52. The summed E-state index contributed by atoms with van der Waals surface area (Å²) < 4.78 is 71.6. The molecule has 2 aliphatic rings. The Morgan fingerprint density at radius 1 is 1.04 bits per heavy atom. The summed E-state index contributed by atoms with van der Waals surface area (Å²) in [7, 11) is 1.58. The molecule has 0 spiro atoms. The maximum Gasteiger partial charge on any atom is 0.393 e. The molecule has 258 valence electrons. The second-order valence-electron chi connectivity index (χ2n) is 12.3. The number of pyridine rings is 1. The fourth-order valence-corrected chi connectivity index (χ4v) is 6.52. The third-order valence-electron chi connectivity index (χ3n) is 8.83. The molecule has 0 bridgehead atoms. The molecule has 2 aliphatic heterocycles. The van der Waals surface area contributed by atoms with Crippen molar-refractivity contribution in [2.24, 2.45) is 0 Å². The van der Waals surface area contributed by atoms with Crippen molar-refractivity contribution in [2.75, 3.05) is 33.3 Å². The van der Waals surface area contributed by atoms with E-state index in [1.165, 1.54) is 17.0 Å². The predicted octanol–water partition coefficient (Wildman–Crippen LogP) is 7.33. The molecule has 49 heavy (non-hydrogen) atoms. The van der Waals surface area contributed by atoms with Crippen LogP contribution in [0.15, 0.2) is 79.0 Å². The number of hydrogen-bond acceptors (Lipinski definition) is 6. The number of rotatable bonds is 10. The van der Waals surface area contributed by atoms with E-state index in [0.717, 1.165) is 32.2 Å². The number of allylic oxidation sites excluding steroid dienone is 1. The van der Waals surface area contributed by atoms with Crippen LogP contribution < -0.4 is 10.1 Å². The van der Waals surface area contributed by atoms with Crippen LogP contribution in [0.2, 0.25) is 0 Å². The van der Waals surface area contributed by atoms with Crippen molar-refractivity contribution in [1.82, 2.24) is 25.0 Å². The molecule has 8 nitrogen and oxygen atoms in total. The zero-order valence-electron chi connectivity index (χ0n) is 27.3. The van der Waals surface area contributed by atoms with E-state index in [1.807, 2.05) is 6.08 Å². The molecule has 2 saturated heterocycles. The Bertz CT molecular complexity index is 1800. The van der Waals surface area contributed by atoms with Crippen molar-refractivity contribution in [3.63, 3.8) is 0 Å². The lowest BCUT2D eigenvalue weighted by molar-refractivity contribution is -0.123. The molecule has 1 unspecified atom stereocenters. The Kier molecular flexibility index (Phi) is 10.7. The highest BCUT2D eigenvalue weighted by Crippen LogP contribution is 2.40. The van der Waals surface area contributed by atoms with E-state index in [4.69, 9.17) is 9.47 Å². The average Bonchev–Trinajstić information content (AvgIpc) is 3.44. The Morgan fingerprint density at radius 2 is 1.86 bits per heavy atom. The summed E-state index contributed by atoms with van der Waals surface area (Å²) in [5.74, 6) is -0.527. The van der Waals surface area contributed by atoms with Gasteiger partial charge in [-0.15, -0.1) is 5.10 Å². The number of likely N-dealkylation sites (tertiary alicyclic amines) is 1. The summed E-state index contributed by atoms with van der Waals surface area (Å²) in [5, 5.41) is 6.88. The molecule has 2 fully saturated rings. The predicted molar refractivity (Wildman–Crippen MR) is 179 cm³/mol. The SMILES string of the molecule is CNC(=O)C=CCN1CCC[C@@H](Oc2ccc(/C(=C(/CC(F)(F)F)c3ccccc3)c3ccc4c(c3)c(F)nn4C3CCCCO3)cn2)C1. The van der Waals surface area contributed by atoms with Crippen LogP contribution in [0.25, 0.3) is 22.0 Å². The van der Waals surface area contributed by atoms with Gasteiger partial charge in [-0.3, -0.25) is 9.69 Å². The van der Waals surface area contributed by atoms with Gasteiger partial charge in [0.15, 0.2) is 6.23 Å². The number of halogens is 4. The smallest absolute Gasteiger partial charge is 0.393 e. The first-order chi connectivity index (χ1) is 23.7. The van der Waals surface area contributed by atoms with Gasteiger partial charge in [-0.25, -0.2) is 9.67 Å². The zero-order chi connectivity index (χ0) is 34.4. The second kappa shape index (κ2) is 15.3. The van der Waals surface area contributed by atoms with E-state index >= 15 is 4.39 Å². The van der Waals surface area contributed by atoms with Gasteiger partial charge < -0.3 is 14.8 Å². The van der Waals surface area contributed by atoms with Crippen molar-refractivity contribution < 1.29 is 31.8 Å². The highest BCUT2D eigenvalue weighted by molar-refractivity contribution is 6.00. The highest BCUT2D eigenvalue weighted by atomic mass is 19.4. The molecule has 1 N–H and O–H groups in total. The van der Waals surface area contributed by atoms with Gasteiger partial charge in [0.05, 0.1) is 17.3 Å². The largest absolute Gasteiger partial charge is 0.473 e. The van der Waals surface area contributed by atoms with Crippen LogP contribution in [0.4, 0.5) is 17.6 Å². The molecule has 4 heterocycles. The molecule has 1 amide bonds. The van der Waals surface area contributed by atoms with E-state index in [2.05, 4.69) is 20.3 Å². The molecule has 0 aliphatic carbocycles. The van der Waals surface area contributed by atoms with Crippen molar-refractivity contribution in [2.45, 2.75) is 57.0 Å². The minimum Gasteiger partial charge on any atom is -0.473 e. The number of carbonyl (C=O) groups excluding carboxylic acids is 1. The van der Waals surface area contributed by atoms with Gasteiger partial charge in [0.25, 0.3) is 0 Å². The van der Waals surface area contributed by atoms with Crippen molar-refractivity contribution >= 4 is 28.0 Å². The van der Waals surface area contributed by atoms with Gasteiger partial charge in [0, 0.05) is 50.6 Å². The van der Waals surface area contributed by atoms with Gasteiger partial charge >= 0.3 is 6.18 Å². The van der Waals surface area contributed by atoms with Crippen molar-refractivity contribution in [3.8, 4) is 5.88 Å². The first-order valence-corrected chi connectivity index (χ1v) is 16.6. The molecule has 2 atom stereocenters. The van der Waals surface area contributed by atoms with Crippen LogP contribution in [0.5, 0.6) is 5.88 Å². The number of nitrogens with zero attached hydrogens (tertiary/aromatic N) is 4. The van der Waals surface area contributed by atoms with E-state index in [9.17, 15) is 18.0 Å². The monoisotopic (exact) mass is 677 g/mol. The van der Waals surface area contributed by atoms with E-state index < -0.39 is 24.8 Å². The normalized spacial score (nSPS) is 19.6. The highest BCUT2D eigenvalue weighted by Gasteiger charge is 2.32. The summed E-state index contributed by atoms with van der Waals surface area (Å²) in [5.41, 5.74) is 2.08. The number of aromatic nitrogens is 3. The van der Waals surface area contributed by atoms with Crippen LogP contribution in [0, 0.1) is 5.95 Å². The fraction of sp³-hybridized carbons (Fsp3) is 0.378. The summed E-state index contributed by atoms with van der Waals surface area (Å²) >= 11 is 0. The van der Waals surface area contributed by atoms with Gasteiger partial charge in [0.2, 0.25) is 17.7 Å². The number of likely N-dealkylation sites (N-methyl/N-ethyl adjacent to an activating group) is 1. The van der Waals surface area contributed by atoms with Gasteiger partial charge in [0.1, 0.15) is 6.10 Å². The summed E-state index contributed by atoms with van der Waals surface area (Å²) in [4.78, 5) is 18.2. The van der Waals surface area contributed by atoms with Crippen LogP contribution in [-0.4, -0.2) is 71.1 Å². The molecular weight excluding hydrogens is 638 g/mol. The Hall–Kier alpha value is -4.55. The summed E-state index contributed by atoms with van der Waals surface area (Å²) in [6.07, 6.45) is 2.83. The molecule has 0 radical (unpaired) electrons. The Labute approximate surface area is 282 Å². The van der Waals surface area contributed by atoms with Gasteiger partial charge in [-0.05, 0) is 79.1 Å². The maximum atomic E-state index is 15.4. The average molecular weight is 678 g/mol. The first-order valence-electron chi connectivity index (χ1n) is 16.6.